The van der Waals surface area contributed by atoms with Crippen molar-refractivity contribution in [1.82, 2.24) is 5.32 Å². The molecule has 10 heteroatoms. The monoisotopic (exact) mass is 394 g/mol. The normalized spacial score (nSPS) is 23.7. The summed E-state index contributed by atoms with van der Waals surface area (Å²) in [5.74, 6) is -0.720. The van der Waals surface area contributed by atoms with Crippen LogP contribution in [0.1, 0.15) is 13.3 Å². The van der Waals surface area contributed by atoms with E-state index in [0.717, 1.165) is 0 Å². The summed E-state index contributed by atoms with van der Waals surface area (Å²) in [6.07, 6.45) is -1.46. The Morgan fingerprint density at radius 2 is 2.25 bits per heavy atom. The topological polar surface area (TPSA) is 104 Å². The number of β-amino-alcohol motifs (C(OH)–C–C–N with tert-alkyl or cyclic N) is 1. The number of aliphatic hydroxyl groups is 1. The molecule has 1 aromatic rings. The van der Waals surface area contributed by atoms with Crippen LogP contribution in [0.4, 0.5) is 20.6 Å². The number of benzene rings is 1. The number of carbonyl (C=O) groups excluding carboxylic acids is 2. The van der Waals surface area contributed by atoms with Gasteiger partial charge in [0.05, 0.1) is 30.2 Å². The summed E-state index contributed by atoms with van der Waals surface area (Å²) in [5, 5.41) is 16.5. The highest BCUT2D eigenvalue weighted by atomic mass is 19.1. The van der Waals surface area contributed by atoms with Gasteiger partial charge in [-0.1, -0.05) is 5.16 Å². The number of nitrogens with zero attached hydrogens (tertiary/aromatic N) is 3. The highest BCUT2D eigenvalue weighted by Gasteiger charge is 2.33. The van der Waals surface area contributed by atoms with Crippen LogP contribution in [0.25, 0.3) is 0 Å². The first-order chi connectivity index (χ1) is 13.4. The third-order valence-electron chi connectivity index (χ3n) is 4.66. The number of carbonyl (C=O) groups is 2. The molecule has 0 aromatic heterocycles. The van der Waals surface area contributed by atoms with E-state index in [2.05, 4.69) is 10.5 Å². The maximum Gasteiger partial charge on any atom is 0.414 e. The van der Waals surface area contributed by atoms with Crippen molar-refractivity contribution in [2.75, 3.05) is 43.1 Å². The van der Waals surface area contributed by atoms with Crippen molar-refractivity contribution >= 4 is 29.1 Å². The van der Waals surface area contributed by atoms with Crippen LogP contribution in [0.3, 0.4) is 0 Å². The molecule has 28 heavy (non-hydrogen) atoms. The van der Waals surface area contributed by atoms with Gasteiger partial charge in [0.2, 0.25) is 5.91 Å². The first-order valence-corrected chi connectivity index (χ1v) is 8.94. The van der Waals surface area contributed by atoms with Crippen LogP contribution in [-0.2, 0) is 14.4 Å². The van der Waals surface area contributed by atoms with Crippen molar-refractivity contribution < 1.29 is 28.7 Å². The van der Waals surface area contributed by atoms with Crippen LogP contribution >= 0.6 is 0 Å². The van der Waals surface area contributed by atoms with E-state index in [1.54, 1.807) is 17.0 Å². The van der Waals surface area contributed by atoms with E-state index in [1.165, 1.54) is 25.0 Å². The first kappa shape index (κ1) is 19.9. The summed E-state index contributed by atoms with van der Waals surface area (Å²) in [6, 6.07) is 4.47. The molecule has 152 valence electrons. The van der Waals surface area contributed by atoms with Crippen LogP contribution in [0.15, 0.2) is 23.4 Å². The molecule has 3 rings (SSSR count). The van der Waals surface area contributed by atoms with Crippen molar-refractivity contribution in [3.63, 3.8) is 0 Å². The number of aliphatic hydroxyl groups excluding tert-OH is 1. The number of ether oxygens (including phenoxy) is 1. The predicted octanol–water partition coefficient (Wildman–Crippen LogP) is 0.860. The Kier molecular flexibility index (Phi) is 5.98. The minimum Gasteiger partial charge on any atom is -0.442 e. The van der Waals surface area contributed by atoms with Gasteiger partial charge in [0.1, 0.15) is 25.1 Å². The minimum absolute atomic E-state index is 0.197. The molecule has 2 fully saturated rings. The summed E-state index contributed by atoms with van der Waals surface area (Å²) in [6.45, 7) is 2.49. The summed E-state index contributed by atoms with van der Waals surface area (Å²) in [7, 11) is 1.41. The Morgan fingerprint density at radius 3 is 2.89 bits per heavy atom. The molecule has 0 spiro atoms. The zero-order valence-electron chi connectivity index (χ0n) is 15.7. The van der Waals surface area contributed by atoms with Crippen LogP contribution in [0.2, 0.25) is 0 Å². The first-order valence-electron chi connectivity index (χ1n) is 8.94. The van der Waals surface area contributed by atoms with Gasteiger partial charge in [0.15, 0.2) is 0 Å². The molecule has 2 N–H and O–H groups in total. The number of anilines is 2. The van der Waals surface area contributed by atoms with E-state index in [0.29, 0.717) is 30.1 Å². The number of amides is 2. The highest BCUT2D eigenvalue weighted by molar-refractivity contribution is 5.91. The van der Waals surface area contributed by atoms with Crippen LogP contribution in [0.5, 0.6) is 0 Å². The fourth-order valence-electron chi connectivity index (χ4n) is 3.28. The van der Waals surface area contributed by atoms with Gasteiger partial charge in [0.25, 0.3) is 0 Å². The summed E-state index contributed by atoms with van der Waals surface area (Å²) >= 11 is 0. The fraction of sp³-hybridized carbons (Fsp3) is 0.500. The quantitative estimate of drug-likeness (QED) is 0.718. The fourth-order valence-corrected chi connectivity index (χ4v) is 3.28. The van der Waals surface area contributed by atoms with E-state index < -0.39 is 24.1 Å². The molecule has 9 nitrogen and oxygen atoms in total. The Bertz CT molecular complexity index is 787. The lowest BCUT2D eigenvalue weighted by atomic mass is 10.0. The summed E-state index contributed by atoms with van der Waals surface area (Å²) in [4.78, 5) is 30.8. The summed E-state index contributed by atoms with van der Waals surface area (Å²) in [5.41, 5.74) is 1.23. The Morgan fingerprint density at radius 1 is 1.46 bits per heavy atom. The van der Waals surface area contributed by atoms with Crippen molar-refractivity contribution in [2.24, 2.45) is 5.16 Å². The van der Waals surface area contributed by atoms with Crippen LogP contribution < -0.4 is 15.1 Å². The average molecular weight is 394 g/mol. The molecule has 2 amide bonds. The maximum atomic E-state index is 14.7. The van der Waals surface area contributed by atoms with Crippen molar-refractivity contribution in [2.45, 2.75) is 25.6 Å². The number of rotatable bonds is 5. The smallest absolute Gasteiger partial charge is 0.414 e. The second-order valence-electron chi connectivity index (χ2n) is 6.67. The van der Waals surface area contributed by atoms with E-state index >= 15 is 0 Å². The molecule has 1 aromatic carbocycles. The third-order valence-corrected chi connectivity index (χ3v) is 4.66. The van der Waals surface area contributed by atoms with Gasteiger partial charge in [0, 0.05) is 26.4 Å². The van der Waals surface area contributed by atoms with Crippen molar-refractivity contribution in [3.05, 3.63) is 24.0 Å². The Balaban J connectivity index is 1.68. The van der Waals surface area contributed by atoms with Crippen LogP contribution in [0, 0.1) is 5.82 Å². The SMILES string of the molecule is CO/N=C1/CCN(c2ccc(N3CC(CNC(C)=O)OC3=O)cc2F)CC1O. The lowest BCUT2D eigenvalue weighted by Crippen LogP contribution is -2.44. The van der Waals surface area contributed by atoms with E-state index in [9.17, 15) is 19.1 Å². The van der Waals surface area contributed by atoms with Gasteiger partial charge in [-0.05, 0) is 18.2 Å². The number of hydrogen-bond donors (Lipinski definition) is 2. The number of halogens is 1. The highest BCUT2D eigenvalue weighted by Crippen LogP contribution is 2.29. The molecule has 2 atom stereocenters. The molecule has 0 saturated carbocycles. The second-order valence-corrected chi connectivity index (χ2v) is 6.67. The van der Waals surface area contributed by atoms with Gasteiger partial charge in [-0.2, -0.15) is 0 Å². The van der Waals surface area contributed by atoms with Gasteiger partial charge in [-0.3, -0.25) is 9.69 Å². The van der Waals surface area contributed by atoms with Crippen LogP contribution in [-0.4, -0.2) is 68.3 Å². The van der Waals surface area contributed by atoms with E-state index in [-0.39, 0.29) is 25.5 Å². The number of nitrogens with one attached hydrogen (secondary N) is 1. The Hall–Kier alpha value is -2.88. The van der Waals surface area contributed by atoms with Crippen molar-refractivity contribution in [1.29, 1.82) is 0 Å². The lowest BCUT2D eigenvalue weighted by molar-refractivity contribution is -0.119. The molecule has 0 bridgehead atoms. The molecule has 2 saturated heterocycles. The lowest BCUT2D eigenvalue weighted by Gasteiger charge is -2.33. The number of piperidine rings is 1. The molecular formula is C18H23FN4O5. The third kappa shape index (κ3) is 4.33. The molecular weight excluding hydrogens is 371 g/mol. The molecule has 2 aliphatic rings. The molecule has 0 radical (unpaired) electrons. The second kappa shape index (κ2) is 8.42. The largest absolute Gasteiger partial charge is 0.442 e. The van der Waals surface area contributed by atoms with Gasteiger partial charge >= 0.3 is 6.09 Å². The predicted molar refractivity (Wildman–Crippen MR) is 100.0 cm³/mol. The van der Waals surface area contributed by atoms with Crippen molar-refractivity contribution in [3.8, 4) is 0 Å². The van der Waals surface area contributed by atoms with Gasteiger partial charge in [-0.25, -0.2) is 9.18 Å². The van der Waals surface area contributed by atoms with Gasteiger partial charge in [-0.15, -0.1) is 0 Å². The molecule has 0 aliphatic carbocycles. The van der Waals surface area contributed by atoms with E-state index in [4.69, 9.17) is 9.57 Å². The molecule has 2 unspecified atom stereocenters. The molecule has 2 aliphatic heterocycles. The molecule has 2 heterocycles. The summed E-state index contributed by atoms with van der Waals surface area (Å²) < 4.78 is 19.9. The van der Waals surface area contributed by atoms with Gasteiger partial charge < -0.3 is 24.9 Å². The average Bonchev–Trinajstić information content (AvgIpc) is 3.02. The number of cyclic esters (lactones) is 1. The maximum absolute atomic E-state index is 14.7. The number of hydrogen-bond acceptors (Lipinski definition) is 7. The zero-order chi connectivity index (χ0) is 20.3. The number of oxime groups is 1. The van der Waals surface area contributed by atoms with E-state index in [1.807, 2.05) is 0 Å². The zero-order valence-corrected chi connectivity index (χ0v) is 15.7. The minimum atomic E-state index is -0.837. The Labute approximate surface area is 161 Å². The standard InChI is InChI=1S/C18H23FN4O5/c1-11(24)20-8-13-9-23(18(26)28-13)12-3-4-16(14(19)7-12)22-6-5-15(21-27-2)17(25)10-22/h3-4,7,13,17,25H,5-6,8-10H2,1-2H3,(H,20,24)/b21-15-.